The van der Waals surface area contributed by atoms with Crippen LogP contribution < -0.4 is 10.6 Å². The van der Waals surface area contributed by atoms with Crippen LogP contribution in [0.1, 0.15) is 30.5 Å². The van der Waals surface area contributed by atoms with E-state index in [1.54, 1.807) is 19.0 Å². The van der Waals surface area contributed by atoms with E-state index < -0.39 is 11.9 Å². The fraction of sp³-hybridized carbons (Fsp3) is 0.722. The minimum Gasteiger partial charge on any atom is -0.357 e. The highest BCUT2D eigenvalue weighted by Crippen LogP contribution is 2.30. The molecule has 172 valence electrons. The van der Waals surface area contributed by atoms with Crippen LogP contribution in [0.2, 0.25) is 0 Å². The number of guanidine groups is 1. The number of thiazole rings is 1. The van der Waals surface area contributed by atoms with E-state index in [-0.39, 0.29) is 35.9 Å². The monoisotopic (exact) mass is 562 g/mol. The van der Waals surface area contributed by atoms with Crippen molar-refractivity contribution in [3.8, 4) is 0 Å². The Kier molecular flexibility index (Phi) is 11.3. The number of likely N-dealkylation sites (N-methyl/N-ethyl adjacent to an activating group) is 1. The first-order chi connectivity index (χ1) is 13.7. The Labute approximate surface area is 196 Å². The van der Waals surface area contributed by atoms with Crippen molar-refractivity contribution in [2.45, 2.75) is 38.4 Å². The second kappa shape index (κ2) is 12.6. The predicted molar refractivity (Wildman–Crippen MR) is 124 cm³/mol. The molecule has 0 spiro atoms. The molecule has 1 aromatic rings. The SMILES string of the molecule is CCNC(=NCCc1nc(C(F)(F)F)cs1)NC1CCN(CC(=O)N(C)C)CC1.I. The molecular weight excluding hydrogens is 532 g/mol. The molecule has 0 unspecified atom stereocenters. The molecule has 1 aliphatic heterocycles. The number of likely N-dealkylation sites (tertiary alicyclic amines) is 1. The number of carbonyl (C=O) groups is 1. The maximum absolute atomic E-state index is 12.6. The van der Waals surface area contributed by atoms with E-state index in [4.69, 9.17) is 0 Å². The molecule has 1 aromatic heterocycles. The summed E-state index contributed by atoms with van der Waals surface area (Å²) >= 11 is 1.01. The molecular formula is C18H30F3IN6OS. The van der Waals surface area contributed by atoms with Gasteiger partial charge in [0, 0.05) is 58.1 Å². The van der Waals surface area contributed by atoms with Crippen molar-refractivity contribution in [3.63, 3.8) is 0 Å². The number of rotatable bonds is 7. The predicted octanol–water partition coefficient (Wildman–Crippen LogP) is 2.43. The normalized spacial score (nSPS) is 16.1. The summed E-state index contributed by atoms with van der Waals surface area (Å²) in [5.74, 6) is 0.755. The number of amides is 1. The van der Waals surface area contributed by atoms with Crippen molar-refractivity contribution in [2.24, 2.45) is 4.99 Å². The van der Waals surface area contributed by atoms with Crippen LogP contribution in [0.4, 0.5) is 13.2 Å². The van der Waals surface area contributed by atoms with Crippen LogP contribution in [-0.2, 0) is 17.4 Å². The zero-order chi connectivity index (χ0) is 21.4. The minimum absolute atomic E-state index is 0. The molecule has 30 heavy (non-hydrogen) atoms. The van der Waals surface area contributed by atoms with Gasteiger partial charge in [0.25, 0.3) is 0 Å². The molecule has 1 aliphatic rings. The number of nitrogens with zero attached hydrogens (tertiary/aromatic N) is 4. The Bertz CT molecular complexity index is 690. The van der Waals surface area contributed by atoms with Gasteiger partial charge in [-0.15, -0.1) is 35.3 Å². The molecule has 1 amide bonds. The zero-order valence-corrected chi connectivity index (χ0v) is 20.6. The van der Waals surface area contributed by atoms with E-state index in [1.165, 1.54) is 0 Å². The van der Waals surface area contributed by atoms with E-state index in [0.29, 0.717) is 37.0 Å². The van der Waals surface area contributed by atoms with Gasteiger partial charge in [0.15, 0.2) is 11.7 Å². The molecule has 1 fully saturated rings. The lowest BCUT2D eigenvalue weighted by Crippen LogP contribution is -2.50. The Balaban J connectivity index is 0.00000450. The Morgan fingerprint density at radius 1 is 1.37 bits per heavy atom. The number of carbonyl (C=O) groups excluding carboxylic acids is 1. The number of aliphatic imine (C=N–C) groups is 1. The first-order valence-corrected chi connectivity index (χ1v) is 10.6. The largest absolute Gasteiger partial charge is 0.434 e. The van der Waals surface area contributed by atoms with Gasteiger partial charge in [-0.2, -0.15) is 13.2 Å². The fourth-order valence-electron chi connectivity index (χ4n) is 2.90. The minimum atomic E-state index is -4.40. The van der Waals surface area contributed by atoms with E-state index in [1.807, 2.05) is 6.92 Å². The smallest absolute Gasteiger partial charge is 0.357 e. The summed E-state index contributed by atoms with van der Waals surface area (Å²) in [5, 5.41) is 8.03. The molecule has 0 aromatic carbocycles. The quantitative estimate of drug-likeness (QED) is 0.304. The number of halogens is 4. The number of alkyl halides is 3. The van der Waals surface area contributed by atoms with Crippen molar-refractivity contribution in [1.29, 1.82) is 0 Å². The van der Waals surface area contributed by atoms with Gasteiger partial charge in [-0.05, 0) is 19.8 Å². The first-order valence-electron chi connectivity index (χ1n) is 9.68. The first kappa shape index (κ1) is 26.9. The molecule has 0 atom stereocenters. The van der Waals surface area contributed by atoms with Crippen LogP contribution in [0.5, 0.6) is 0 Å². The van der Waals surface area contributed by atoms with Gasteiger partial charge >= 0.3 is 6.18 Å². The lowest BCUT2D eigenvalue weighted by Gasteiger charge is -2.33. The summed E-state index contributed by atoms with van der Waals surface area (Å²) in [6.45, 7) is 5.10. The van der Waals surface area contributed by atoms with Gasteiger partial charge in [-0.25, -0.2) is 4.98 Å². The molecule has 2 N–H and O–H groups in total. The summed E-state index contributed by atoms with van der Waals surface area (Å²) in [7, 11) is 3.51. The second-order valence-corrected chi connectivity index (χ2v) is 8.06. The van der Waals surface area contributed by atoms with Crippen molar-refractivity contribution < 1.29 is 18.0 Å². The third kappa shape index (κ3) is 8.92. The highest BCUT2D eigenvalue weighted by atomic mass is 127. The van der Waals surface area contributed by atoms with Crippen molar-refractivity contribution in [2.75, 3.05) is 46.8 Å². The molecule has 2 heterocycles. The maximum Gasteiger partial charge on any atom is 0.434 e. The molecule has 2 rings (SSSR count). The Morgan fingerprint density at radius 2 is 2.03 bits per heavy atom. The summed E-state index contributed by atoms with van der Waals surface area (Å²) in [5.41, 5.74) is -0.842. The van der Waals surface area contributed by atoms with Gasteiger partial charge in [-0.1, -0.05) is 0 Å². The van der Waals surface area contributed by atoms with Crippen LogP contribution in [-0.4, -0.2) is 79.5 Å². The van der Waals surface area contributed by atoms with Crippen LogP contribution in [0, 0.1) is 0 Å². The van der Waals surface area contributed by atoms with E-state index in [2.05, 4.69) is 25.5 Å². The molecule has 0 radical (unpaired) electrons. The number of aromatic nitrogens is 1. The van der Waals surface area contributed by atoms with E-state index >= 15 is 0 Å². The maximum atomic E-state index is 12.6. The Morgan fingerprint density at radius 3 is 2.57 bits per heavy atom. The van der Waals surface area contributed by atoms with Crippen molar-refractivity contribution in [3.05, 3.63) is 16.1 Å². The second-order valence-electron chi connectivity index (χ2n) is 7.12. The highest BCUT2D eigenvalue weighted by Gasteiger charge is 2.33. The van der Waals surface area contributed by atoms with Gasteiger partial charge in [0.1, 0.15) is 0 Å². The van der Waals surface area contributed by atoms with Crippen LogP contribution in [0.25, 0.3) is 0 Å². The van der Waals surface area contributed by atoms with Gasteiger partial charge < -0.3 is 15.5 Å². The van der Waals surface area contributed by atoms with E-state index in [0.717, 1.165) is 42.6 Å². The Hall–Kier alpha value is -1.15. The van der Waals surface area contributed by atoms with Gasteiger partial charge in [0.05, 0.1) is 11.6 Å². The summed E-state index contributed by atoms with van der Waals surface area (Å²) in [6, 6.07) is 0.246. The van der Waals surface area contributed by atoms with Crippen LogP contribution in [0.15, 0.2) is 10.4 Å². The third-order valence-electron chi connectivity index (χ3n) is 4.57. The van der Waals surface area contributed by atoms with Crippen LogP contribution in [0.3, 0.4) is 0 Å². The zero-order valence-electron chi connectivity index (χ0n) is 17.5. The van der Waals surface area contributed by atoms with Gasteiger partial charge in [-0.3, -0.25) is 14.7 Å². The molecule has 0 saturated carbocycles. The molecule has 1 saturated heterocycles. The number of nitrogens with one attached hydrogen (secondary N) is 2. The fourth-order valence-corrected chi connectivity index (χ4v) is 3.69. The number of hydrogen-bond donors (Lipinski definition) is 2. The average molecular weight is 562 g/mol. The van der Waals surface area contributed by atoms with Crippen LogP contribution >= 0.6 is 35.3 Å². The van der Waals surface area contributed by atoms with Crippen molar-refractivity contribution >= 4 is 47.2 Å². The highest BCUT2D eigenvalue weighted by molar-refractivity contribution is 14.0. The number of piperidine rings is 1. The molecule has 0 bridgehead atoms. The molecule has 7 nitrogen and oxygen atoms in total. The van der Waals surface area contributed by atoms with Crippen molar-refractivity contribution in [1.82, 2.24) is 25.4 Å². The van der Waals surface area contributed by atoms with E-state index in [9.17, 15) is 18.0 Å². The van der Waals surface area contributed by atoms with Gasteiger partial charge in [0.2, 0.25) is 5.91 Å². The molecule has 12 heteroatoms. The third-order valence-corrected chi connectivity index (χ3v) is 5.48. The average Bonchev–Trinajstić information content (AvgIpc) is 3.12. The lowest BCUT2D eigenvalue weighted by molar-refractivity contribution is -0.140. The summed E-state index contributed by atoms with van der Waals surface area (Å²) in [6.07, 6.45) is -2.25. The topological polar surface area (TPSA) is 72.9 Å². The molecule has 0 aliphatic carbocycles. The lowest BCUT2D eigenvalue weighted by atomic mass is 10.1. The summed E-state index contributed by atoms with van der Waals surface area (Å²) < 4.78 is 37.9. The number of hydrogen-bond acceptors (Lipinski definition) is 5. The standard InChI is InChI=1S/C18H29F3N6OS.HI/c1-4-22-17(23-8-5-15-25-14(12-29-15)18(19,20)21)24-13-6-9-27(10-7-13)11-16(28)26(2)3;/h12-13H,4-11H2,1-3H3,(H2,22,23,24);1H. The summed E-state index contributed by atoms with van der Waals surface area (Å²) in [4.78, 5) is 23.7.